The summed E-state index contributed by atoms with van der Waals surface area (Å²) < 4.78 is 21.0. The second-order valence-electron chi connectivity index (χ2n) is 8.36. The topological polar surface area (TPSA) is 84.7 Å². The van der Waals surface area contributed by atoms with E-state index in [2.05, 4.69) is 5.10 Å². The fourth-order valence-corrected chi connectivity index (χ4v) is 3.53. The summed E-state index contributed by atoms with van der Waals surface area (Å²) in [6.45, 7) is 7.23. The average Bonchev–Trinajstić information content (AvgIpc) is 3.01. The molecule has 0 saturated heterocycles. The van der Waals surface area contributed by atoms with Gasteiger partial charge in [-0.3, -0.25) is 9.48 Å². The Morgan fingerprint density at radius 1 is 1.22 bits per heavy atom. The molecule has 3 rings (SSSR count). The van der Waals surface area contributed by atoms with E-state index in [1.807, 2.05) is 0 Å². The fraction of sp³-hybridized carbons (Fsp3) is 0.348. The highest BCUT2D eigenvalue weighted by molar-refractivity contribution is 6.31. The van der Waals surface area contributed by atoms with Crippen molar-refractivity contribution in [2.45, 2.75) is 46.4 Å². The first-order chi connectivity index (χ1) is 15.0. The van der Waals surface area contributed by atoms with E-state index >= 15 is 0 Å². The Labute approximate surface area is 190 Å². The Morgan fingerprint density at radius 2 is 1.94 bits per heavy atom. The highest BCUT2D eigenvalue weighted by atomic mass is 35.5. The van der Waals surface area contributed by atoms with E-state index in [4.69, 9.17) is 16.3 Å². The Morgan fingerprint density at radius 3 is 2.56 bits per heavy atom. The van der Waals surface area contributed by atoms with E-state index in [0.717, 1.165) is 0 Å². The first-order valence-electron chi connectivity index (χ1n) is 10.1. The molecule has 0 spiro atoms. The first kappa shape index (κ1) is 23.5. The zero-order chi connectivity index (χ0) is 23.6. The third-order valence-electron chi connectivity index (χ3n) is 4.71. The molecule has 170 valence electrons. The van der Waals surface area contributed by atoms with Crippen molar-refractivity contribution in [2.75, 3.05) is 6.54 Å². The van der Waals surface area contributed by atoms with Gasteiger partial charge in [-0.1, -0.05) is 11.6 Å². The van der Waals surface area contributed by atoms with Gasteiger partial charge in [0.1, 0.15) is 23.7 Å². The fourth-order valence-electron chi connectivity index (χ4n) is 3.36. The number of fused-ring (bicyclic) bond motifs is 1. The van der Waals surface area contributed by atoms with Gasteiger partial charge in [-0.05, 0) is 69.7 Å². The van der Waals surface area contributed by atoms with E-state index in [1.54, 1.807) is 52.0 Å². The summed E-state index contributed by atoms with van der Waals surface area (Å²) in [7, 11) is 0. The maximum absolute atomic E-state index is 14.2. The molecule has 32 heavy (non-hydrogen) atoms. The van der Waals surface area contributed by atoms with E-state index in [0.29, 0.717) is 39.3 Å². The van der Waals surface area contributed by atoms with Gasteiger partial charge >= 0.3 is 12.1 Å². The molecule has 3 aromatic rings. The van der Waals surface area contributed by atoms with Crippen molar-refractivity contribution in [1.29, 1.82) is 0 Å². The molecule has 2 aromatic carbocycles. The molecule has 0 fully saturated rings. The summed E-state index contributed by atoms with van der Waals surface area (Å²) in [6, 6.07) is 9.25. The Hall–Kier alpha value is -3.13. The maximum atomic E-state index is 14.2. The quantitative estimate of drug-likeness (QED) is 0.535. The van der Waals surface area contributed by atoms with Crippen LogP contribution in [0.15, 0.2) is 36.4 Å². The molecular weight excluding hydrogens is 437 g/mol. The number of hydrogen-bond acceptors (Lipinski definition) is 4. The van der Waals surface area contributed by atoms with Crippen molar-refractivity contribution >= 4 is 34.6 Å². The lowest BCUT2D eigenvalue weighted by Gasteiger charge is -2.27. The summed E-state index contributed by atoms with van der Waals surface area (Å²) in [6.07, 6.45) is -0.514. The number of carboxylic acids is 1. The van der Waals surface area contributed by atoms with Crippen molar-refractivity contribution in [2.24, 2.45) is 0 Å². The third kappa shape index (κ3) is 5.37. The van der Waals surface area contributed by atoms with Crippen molar-refractivity contribution < 1.29 is 23.8 Å². The number of benzene rings is 2. The van der Waals surface area contributed by atoms with Crippen LogP contribution in [0, 0.1) is 5.82 Å². The maximum Gasteiger partial charge on any atom is 0.410 e. The zero-order valence-electron chi connectivity index (χ0n) is 18.4. The lowest BCUT2D eigenvalue weighted by atomic mass is 10.0. The smallest absolute Gasteiger partial charge is 0.410 e. The van der Waals surface area contributed by atoms with Gasteiger partial charge in [0.25, 0.3) is 0 Å². The van der Waals surface area contributed by atoms with Crippen molar-refractivity contribution in [3.8, 4) is 11.3 Å². The normalized spacial score (nSPS) is 11.6. The molecule has 0 saturated carbocycles. The minimum absolute atomic E-state index is 0.0896. The van der Waals surface area contributed by atoms with Crippen LogP contribution in [0.3, 0.4) is 0 Å². The largest absolute Gasteiger partial charge is 0.480 e. The van der Waals surface area contributed by atoms with Gasteiger partial charge in [0.05, 0.1) is 5.52 Å². The van der Waals surface area contributed by atoms with Crippen LogP contribution in [0.2, 0.25) is 5.02 Å². The van der Waals surface area contributed by atoms with Crippen LogP contribution in [0.1, 0.15) is 33.3 Å². The van der Waals surface area contributed by atoms with Crippen molar-refractivity contribution in [3.63, 3.8) is 0 Å². The summed E-state index contributed by atoms with van der Waals surface area (Å²) in [4.78, 5) is 25.4. The number of nitrogens with zero attached hydrogens (tertiary/aromatic N) is 3. The lowest BCUT2D eigenvalue weighted by molar-refractivity contribution is -0.137. The Balaban J connectivity index is 2.10. The molecule has 0 aliphatic heterocycles. The van der Waals surface area contributed by atoms with Gasteiger partial charge < -0.3 is 14.7 Å². The van der Waals surface area contributed by atoms with Crippen LogP contribution in [-0.2, 0) is 22.6 Å². The Bertz CT molecular complexity index is 1170. The summed E-state index contributed by atoms with van der Waals surface area (Å²) in [5.41, 5.74) is 1.46. The van der Waals surface area contributed by atoms with E-state index in [9.17, 15) is 19.1 Å². The molecule has 0 aliphatic rings. The van der Waals surface area contributed by atoms with E-state index in [1.165, 1.54) is 21.7 Å². The zero-order valence-corrected chi connectivity index (χ0v) is 19.1. The predicted molar refractivity (Wildman–Crippen MR) is 120 cm³/mol. The van der Waals surface area contributed by atoms with Crippen LogP contribution in [0.25, 0.3) is 22.2 Å². The average molecular weight is 462 g/mol. The molecule has 0 atom stereocenters. The molecule has 0 aliphatic carbocycles. The van der Waals surface area contributed by atoms with Crippen LogP contribution in [0.5, 0.6) is 0 Å². The number of rotatable bonds is 6. The summed E-state index contributed by atoms with van der Waals surface area (Å²) in [5.74, 6) is -1.51. The number of amides is 1. The molecule has 9 heteroatoms. The monoisotopic (exact) mass is 461 g/mol. The summed E-state index contributed by atoms with van der Waals surface area (Å²) >= 11 is 6.19. The van der Waals surface area contributed by atoms with Crippen LogP contribution >= 0.6 is 11.6 Å². The molecule has 1 heterocycles. The number of hydrogen-bond donors (Lipinski definition) is 1. The number of halogens is 2. The number of carbonyl (C=O) groups excluding carboxylic acids is 1. The minimum Gasteiger partial charge on any atom is -0.480 e. The number of aromatic nitrogens is 2. The third-order valence-corrected chi connectivity index (χ3v) is 4.95. The Kier molecular flexibility index (Phi) is 6.74. The van der Waals surface area contributed by atoms with Gasteiger partial charge in [-0.25, -0.2) is 9.18 Å². The van der Waals surface area contributed by atoms with Crippen LogP contribution in [-0.4, -0.2) is 44.0 Å². The van der Waals surface area contributed by atoms with E-state index in [-0.39, 0.29) is 13.1 Å². The number of carboxylic acid groups (broad SMARTS) is 1. The van der Waals surface area contributed by atoms with Gasteiger partial charge in [0.2, 0.25) is 0 Å². The number of ether oxygens (including phenoxy) is 1. The van der Waals surface area contributed by atoms with Gasteiger partial charge in [0.15, 0.2) is 0 Å². The van der Waals surface area contributed by atoms with Gasteiger partial charge in [-0.2, -0.15) is 5.10 Å². The molecular formula is C23H25ClFN3O4. The highest BCUT2D eigenvalue weighted by Crippen LogP contribution is 2.33. The lowest BCUT2D eigenvalue weighted by Crippen LogP contribution is -2.36. The van der Waals surface area contributed by atoms with Crippen molar-refractivity contribution in [3.05, 3.63) is 52.8 Å². The van der Waals surface area contributed by atoms with Crippen molar-refractivity contribution in [1.82, 2.24) is 14.7 Å². The predicted octanol–water partition coefficient (Wildman–Crippen LogP) is 5.34. The molecule has 0 unspecified atom stereocenters. The highest BCUT2D eigenvalue weighted by Gasteiger charge is 2.24. The van der Waals surface area contributed by atoms with Gasteiger partial charge in [0, 0.05) is 29.1 Å². The molecule has 1 N–H and O–H groups in total. The molecule has 1 amide bonds. The minimum atomic E-state index is -1.04. The van der Waals surface area contributed by atoms with Crippen LogP contribution in [0.4, 0.5) is 9.18 Å². The molecule has 0 bridgehead atoms. The second kappa shape index (κ2) is 9.16. The van der Waals surface area contributed by atoms with E-state index < -0.39 is 23.5 Å². The molecule has 1 aromatic heterocycles. The summed E-state index contributed by atoms with van der Waals surface area (Å²) in [5, 5.41) is 14.8. The first-order valence-corrected chi connectivity index (χ1v) is 10.5. The number of aliphatic carboxylic acids is 1. The molecule has 0 radical (unpaired) electrons. The number of carbonyl (C=O) groups is 2. The van der Waals surface area contributed by atoms with Crippen LogP contribution < -0.4 is 0 Å². The SMILES string of the molecule is CCN(Cc1cc(F)ccc1-c1nn(CC(=O)O)c2ccc(Cl)cc12)C(=O)OC(C)(C)C. The standard InChI is InChI=1S/C23H25ClFN3O4/c1-5-27(22(31)32-23(2,3)4)12-14-10-16(25)7-8-17(14)21-18-11-15(24)6-9-19(18)28(26-21)13-20(29)30/h6-11H,5,12-13H2,1-4H3,(H,29,30). The second-order valence-corrected chi connectivity index (χ2v) is 8.79. The van der Waals surface area contributed by atoms with Gasteiger partial charge in [-0.15, -0.1) is 0 Å². The molecule has 7 nitrogen and oxygen atoms in total.